The van der Waals surface area contributed by atoms with Crippen LogP contribution in [0.3, 0.4) is 0 Å². The van der Waals surface area contributed by atoms with Crippen LogP contribution in [0.25, 0.3) is 0 Å². The second kappa shape index (κ2) is 8.19. The van der Waals surface area contributed by atoms with Crippen molar-refractivity contribution in [3.05, 3.63) is 98.2 Å². The molecule has 1 atom stereocenters. The number of benzene rings is 2. The second-order valence-electron chi connectivity index (χ2n) is 8.61. The number of fused-ring (bicyclic) bond motifs is 1. The van der Waals surface area contributed by atoms with Crippen LogP contribution in [-0.4, -0.2) is 32.4 Å². The molecule has 2 N–H and O–H groups in total. The summed E-state index contributed by atoms with van der Waals surface area (Å²) in [5.74, 6) is 0.276. The van der Waals surface area contributed by atoms with Crippen molar-refractivity contribution in [3.8, 4) is 0 Å². The van der Waals surface area contributed by atoms with Crippen molar-refractivity contribution in [1.82, 2.24) is 14.9 Å². The molecule has 5 rings (SSSR count). The number of H-pyrrole nitrogens is 1. The molecule has 2 aliphatic rings. The van der Waals surface area contributed by atoms with Crippen molar-refractivity contribution in [1.29, 1.82) is 0 Å². The summed E-state index contributed by atoms with van der Waals surface area (Å²) >= 11 is 6.00. The predicted octanol–water partition coefficient (Wildman–Crippen LogP) is 3.51. The third-order valence-electron chi connectivity index (χ3n) is 6.53. The number of aliphatic hydroxyl groups excluding tert-OH is 1. The van der Waals surface area contributed by atoms with Gasteiger partial charge >= 0.3 is 0 Å². The smallest absolute Gasteiger partial charge is 0.256 e. The third kappa shape index (κ3) is 3.74. The lowest BCUT2D eigenvalue weighted by atomic mass is 9.94. The molecule has 2 aromatic carbocycles. The van der Waals surface area contributed by atoms with Crippen LogP contribution >= 0.6 is 11.6 Å². The Bertz CT molecular complexity index is 1220. The number of aryl methyl sites for hydroxylation is 1. The number of amides is 1. The number of rotatable bonds is 4. The quantitative estimate of drug-likeness (QED) is 0.638. The molecule has 0 saturated heterocycles. The van der Waals surface area contributed by atoms with Gasteiger partial charge in [0.15, 0.2) is 6.10 Å². The van der Waals surface area contributed by atoms with Crippen LogP contribution in [0.2, 0.25) is 5.02 Å². The van der Waals surface area contributed by atoms with E-state index in [1.54, 1.807) is 24.3 Å². The predicted molar refractivity (Wildman–Crippen MR) is 121 cm³/mol. The van der Waals surface area contributed by atoms with Gasteiger partial charge in [-0.2, -0.15) is 0 Å². The van der Waals surface area contributed by atoms with Crippen LogP contribution in [0.15, 0.2) is 59.4 Å². The van der Waals surface area contributed by atoms with Gasteiger partial charge in [-0.25, -0.2) is 4.98 Å². The van der Waals surface area contributed by atoms with Gasteiger partial charge in [-0.15, -0.1) is 0 Å². The number of carbonyl (C=O) groups excluding carboxylic acids is 1. The summed E-state index contributed by atoms with van der Waals surface area (Å²) in [7, 11) is 0. The normalized spacial score (nSPS) is 17.9. The number of aromatic nitrogens is 2. The van der Waals surface area contributed by atoms with Gasteiger partial charge in [0.1, 0.15) is 5.82 Å². The van der Waals surface area contributed by atoms with Gasteiger partial charge in [0.25, 0.3) is 11.5 Å². The fourth-order valence-electron chi connectivity index (χ4n) is 4.57. The SMILES string of the molecule is O=C([C@H](O)c1cccc(Cl)c1)N1CCCc2nc(C3(c4ccccc4)CC3)[nH]c(=O)c2C1. The van der Waals surface area contributed by atoms with Crippen molar-refractivity contribution in [2.45, 2.75) is 43.7 Å². The maximum Gasteiger partial charge on any atom is 0.256 e. The van der Waals surface area contributed by atoms with Crippen LogP contribution in [0.1, 0.15) is 53.6 Å². The van der Waals surface area contributed by atoms with Gasteiger partial charge in [-0.05, 0) is 48.9 Å². The number of nitrogens with zero attached hydrogens (tertiary/aromatic N) is 2. The Balaban J connectivity index is 1.43. The summed E-state index contributed by atoms with van der Waals surface area (Å²) < 4.78 is 0. The Morgan fingerprint density at radius 1 is 1.16 bits per heavy atom. The first-order valence-corrected chi connectivity index (χ1v) is 11.3. The number of nitrogens with one attached hydrogen (secondary N) is 1. The Morgan fingerprint density at radius 3 is 2.66 bits per heavy atom. The monoisotopic (exact) mass is 449 g/mol. The van der Waals surface area contributed by atoms with E-state index in [1.165, 1.54) is 4.90 Å². The van der Waals surface area contributed by atoms with Crippen LogP contribution in [0, 0.1) is 0 Å². The summed E-state index contributed by atoms with van der Waals surface area (Å²) in [6, 6.07) is 16.8. The van der Waals surface area contributed by atoms with E-state index >= 15 is 0 Å². The lowest BCUT2D eigenvalue weighted by Gasteiger charge is -2.24. The van der Waals surface area contributed by atoms with E-state index < -0.39 is 12.0 Å². The average molecular weight is 450 g/mol. The van der Waals surface area contributed by atoms with E-state index in [9.17, 15) is 14.7 Å². The van der Waals surface area contributed by atoms with Gasteiger partial charge in [-0.3, -0.25) is 9.59 Å². The van der Waals surface area contributed by atoms with Gasteiger partial charge in [0.05, 0.1) is 23.2 Å². The Labute approximate surface area is 190 Å². The van der Waals surface area contributed by atoms with Crippen molar-refractivity contribution in [2.24, 2.45) is 0 Å². The zero-order valence-electron chi connectivity index (χ0n) is 17.6. The summed E-state index contributed by atoms with van der Waals surface area (Å²) in [5, 5.41) is 11.1. The first-order valence-electron chi connectivity index (χ1n) is 10.9. The molecule has 1 aromatic heterocycles. The molecule has 6 nitrogen and oxygen atoms in total. The molecule has 3 aromatic rings. The number of aliphatic hydroxyl groups is 1. The van der Waals surface area contributed by atoms with Crippen LogP contribution < -0.4 is 5.56 Å². The molecule has 1 fully saturated rings. The first kappa shape index (κ1) is 20.9. The van der Waals surface area contributed by atoms with Crippen molar-refractivity contribution < 1.29 is 9.90 Å². The molecule has 1 amide bonds. The molecule has 164 valence electrons. The Kier molecular flexibility index (Phi) is 5.35. The highest BCUT2D eigenvalue weighted by Gasteiger charge is 2.48. The molecule has 2 heterocycles. The second-order valence-corrected chi connectivity index (χ2v) is 9.05. The lowest BCUT2D eigenvalue weighted by molar-refractivity contribution is -0.141. The molecular formula is C25H24ClN3O3. The maximum absolute atomic E-state index is 13.1. The number of hydrogen-bond donors (Lipinski definition) is 2. The molecule has 1 saturated carbocycles. The standard InChI is InChI=1S/C25H24ClN3O3/c26-18-9-4-6-16(14-18)21(30)23(32)29-13-5-10-20-19(15-29)22(31)28-24(27-20)25(11-12-25)17-7-2-1-3-8-17/h1-4,6-9,14,21,30H,5,10-13,15H2,(H,27,28,31)/t21-/m1/s1. The summed E-state index contributed by atoms with van der Waals surface area (Å²) in [4.78, 5) is 35.5. The topological polar surface area (TPSA) is 86.3 Å². The van der Waals surface area contributed by atoms with E-state index in [-0.39, 0.29) is 17.5 Å². The summed E-state index contributed by atoms with van der Waals surface area (Å²) in [5.41, 5.74) is 2.43. The van der Waals surface area contributed by atoms with Gasteiger partial charge in [0, 0.05) is 11.6 Å². The van der Waals surface area contributed by atoms with Gasteiger partial charge < -0.3 is 15.0 Å². The number of hydrogen-bond acceptors (Lipinski definition) is 4. The van der Waals surface area contributed by atoms with E-state index in [1.807, 2.05) is 18.2 Å². The lowest BCUT2D eigenvalue weighted by Crippen LogP contribution is -2.36. The van der Waals surface area contributed by atoms with Crippen LogP contribution in [0.5, 0.6) is 0 Å². The third-order valence-corrected chi connectivity index (χ3v) is 6.77. The minimum Gasteiger partial charge on any atom is -0.378 e. The van der Waals surface area contributed by atoms with Crippen LogP contribution in [0.4, 0.5) is 0 Å². The first-order chi connectivity index (χ1) is 15.5. The van der Waals surface area contributed by atoms with E-state index in [0.29, 0.717) is 41.4 Å². The molecule has 0 spiro atoms. The van der Waals surface area contributed by atoms with E-state index in [0.717, 1.165) is 24.1 Å². The molecule has 0 radical (unpaired) electrons. The average Bonchev–Trinajstić information content (AvgIpc) is 3.63. The van der Waals surface area contributed by atoms with Crippen molar-refractivity contribution in [2.75, 3.05) is 6.54 Å². The molecule has 7 heteroatoms. The fourth-order valence-corrected chi connectivity index (χ4v) is 4.77. The highest BCUT2D eigenvalue weighted by Crippen LogP contribution is 2.51. The van der Waals surface area contributed by atoms with E-state index in [4.69, 9.17) is 16.6 Å². The fraction of sp³-hybridized carbons (Fsp3) is 0.320. The summed E-state index contributed by atoms with van der Waals surface area (Å²) in [6.07, 6.45) is 1.88. The number of halogens is 1. The zero-order valence-corrected chi connectivity index (χ0v) is 18.3. The molecule has 0 unspecified atom stereocenters. The Hall–Kier alpha value is -2.96. The van der Waals surface area contributed by atoms with Crippen LogP contribution in [-0.2, 0) is 23.2 Å². The van der Waals surface area contributed by atoms with Gasteiger partial charge in [0.2, 0.25) is 0 Å². The molecule has 32 heavy (non-hydrogen) atoms. The number of carbonyl (C=O) groups is 1. The molecular weight excluding hydrogens is 426 g/mol. The van der Waals surface area contributed by atoms with Crippen molar-refractivity contribution in [3.63, 3.8) is 0 Å². The number of aromatic amines is 1. The van der Waals surface area contributed by atoms with Gasteiger partial charge in [-0.1, -0.05) is 54.1 Å². The van der Waals surface area contributed by atoms with E-state index in [2.05, 4.69) is 17.1 Å². The Morgan fingerprint density at radius 2 is 1.94 bits per heavy atom. The minimum absolute atomic E-state index is 0.132. The zero-order chi connectivity index (χ0) is 22.3. The van der Waals surface area contributed by atoms with Crippen molar-refractivity contribution >= 4 is 17.5 Å². The molecule has 1 aliphatic carbocycles. The summed E-state index contributed by atoms with van der Waals surface area (Å²) in [6.45, 7) is 0.582. The largest absolute Gasteiger partial charge is 0.378 e. The molecule has 1 aliphatic heterocycles. The highest BCUT2D eigenvalue weighted by molar-refractivity contribution is 6.30. The molecule has 0 bridgehead atoms. The minimum atomic E-state index is -1.32. The highest BCUT2D eigenvalue weighted by atomic mass is 35.5. The maximum atomic E-state index is 13.1.